The molecular formula is C22H27N3O3. The van der Waals surface area contributed by atoms with E-state index >= 15 is 0 Å². The van der Waals surface area contributed by atoms with Gasteiger partial charge in [0.05, 0.1) is 0 Å². The van der Waals surface area contributed by atoms with Gasteiger partial charge in [-0.3, -0.25) is 19.3 Å². The molecule has 6 heteroatoms. The van der Waals surface area contributed by atoms with Crippen molar-refractivity contribution in [2.45, 2.75) is 39.2 Å². The maximum atomic E-state index is 12.8. The molecule has 1 heterocycles. The number of nitrogens with two attached hydrogens (primary N) is 1. The number of carbonyl (C=O) groups is 3. The Kier molecular flexibility index (Phi) is 6.09. The van der Waals surface area contributed by atoms with Crippen molar-refractivity contribution in [3.05, 3.63) is 47.5 Å². The second kappa shape index (κ2) is 8.52. The average molecular weight is 381 g/mol. The third-order valence-electron chi connectivity index (χ3n) is 5.05. The molecule has 3 rings (SSSR count). The Morgan fingerprint density at radius 1 is 1.07 bits per heavy atom. The summed E-state index contributed by atoms with van der Waals surface area (Å²) in [6, 6.07) is 10.9. The summed E-state index contributed by atoms with van der Waals surface area (Å²) in [5.74, 6) is -0.251. The Hall–Kier alpha value is -2.73. The molecule has 0 saturated carbocycles. The topological polar surface area (TPSA) is 92.5 Å². The predicted molar refractivity (Wildman–Crippen MR) is 109 cm³/mol. The maximum absolute atomic E-state index is 12.8. The highest BCUT2D eigenvalue weighted by molar-refractivity contribution is 6.25. The van der Waals surface area contributed by atoms with Gasteiger partial charge in [0, 0.05) is 42.1 Å². The third-order valence-corrected chi connectivity index (χ3v) is 5.05. The second-order valence-corrected chi connectivity index (χ2v) is 7.70. The molecule has 0 fully saturated rings. The summed E-state index contributed by atoms with van der Waals surface area (Å²) < 4.78 is 0. The summed E-state index contributed by atoms with van der Waals surface area (Å²) in [4.78, 5) is 39.1. The van der Waals surface area contributed by atoms with Gasteiger partial charge in [0.15, 0.2) is 0 Å². The fourth-order valence-electron chi connectivity index (χ4n) is 3.76. The molecule has 6 nitrogen and oxygen atoms in total. The van der Waals surface area contributed by atoms with Crippen LogP contribution in [-0.4, -0.2) is 41.8 Å². The zero-order chi connectivity index (χ0) is 20.3. The summed E-state index contributed by atoms with van der Waals surface area (Å²) in [5, 5.41) is 4.54. The minimum atomic E-state index is -0.297. The van der Waals surface area contributed by atoms with Crippen LogP contribution in [0.25, 0.3) is 10.8 Å². The SMILES string of the molecule is CC(C)CC(CN)NC(=O)CCCN1C(=O)c2cccc3cccc(c23)C1=O. The van der Waals surface area contributed by atoms with Gasteiger partial charge in [-0.15, -0.1) is 0 Å². The molecule has 1 unspecified atom stereocenters. The van der Waals surface area contributed by atoms with E-state index in [0.29, 0.717) is 35.4 Å². The van der Waals surface area contributed by atoms with Crippen LogP contribution in [0, 0.1) is 5.92 Å². The van der Waals surface area contributed by atoms with Crippen molar-refractivity contribution < 1.29 is 14.4 Å². The van der Waals surface area contributed by atoms with Crippen LogP contribution >= 0.6 is 0 Å². The minimum absolute atomic E-state index is 0.0461. The zero-order valence-electron chi connectivity index (χ0n) is 16.4. The Morgan fingerprint density at radius 3 is 2.21 bits per heavy atom. The first-order chi connectivity index (χ1) is 13.4. The molecule has 3 N–H and O–H groups in total. The van der Waals surface area contributed by atoms with Gasteiger partial charge in [-0.1, -0.05) is 38.1 Å². The number of rotatable bonds is 8. The highest BCUT2D eigenvalue weighted by Gasteiger charge is 2.32. The minimum Gasteiger partial charge on any atom is -0.352 e. The lowest BCUT2D eigenvalue weighted by atomic mass is 9.94. The van der Waals surface area contributed by atoms with Crippen LogP contribution in [-0.2, 0) is 4.79 Å². The summed E-state index contributed by atoms with van der Waals surface area (Å²) >= 11 is 0. The van der Waals surface area contributed by atoms with Gasteiger partial charge < -0.3 is 11.1 Å². The number of nitrogens with one attached hydrogen (secondary N) is 1. The van der Waals surface area contributed by atoms with E-state index < -0.39 is 0 Å². The van der Waals surface area contributed by atoms with Gasteiger partial charge in [0.2, 0.25) is 5.91 Å². The van der Waals surface area contributed by atoms with Crippen molar-refractivity contribution >= 4 is 28.5 Å². The molecule has 0 saturated heterocycles. The summed E-state index contributed by atoms with van der Waals surface area (Å²) in [6.45, 7) is 4.78. The van der Waals surface area contributed by atoms with Crippen molar-refractivity contribution in [3.8, 4) is 0 Å². The number of imide groups is 1. The van der Waals surface area contributed by atoms with Gasteiger partial charge in [0.25, 0.3) is 11.8 Å². The first-order valence-corrected chi connectivity index (χ1v) is 9.79. The summed E-state index contributed by atoms with van der Waals surface area (Å²) in [6.07, 6.45) is 1.49. The first-order valence-electron chi connectivity index (χ1n) is 9.79. The number of hydrogen-bond acceptors (Lipinski definition) is 4. The van der Waals surface area contributed by atoms with E-state index in [-0.39, 0.29) is 36.7 Å². The first kappa shape index (κ1) is 20.0. The Morgan fingerprint density at radius 2 is 1.68 bits per heavy atom. The van der Waals surface area contributed by atoms with Crippen LogP contribution in [0.4, 0.5) is 0 Å². The van der Waals surface area contributed by atoms with Crippen molar-refractivity contribution in [2.24, 2.45) is 11.7 Å². The lowest BCUT2D eigenvalue weighted by Crippen LogP contribution is -2.42. The predicted octanol–water partition coefficient (Wildman–Crippen LogP) is 2.71. The summed E-state index contributed by atoms with van der Waals surface area (Å²) in [5.41, 5.74) is 6.80. The molecule has 0 radical (unpaired) electrons. The summed E-state index contributed by atoms with van der Waals surface area (Å²) in [7, 11) is 0. The van der Waals surface area contributed by atoms with Crippen molar-refractivity contribution in [1.82, 2.24) is 10.2 Å². The van der Waals surface area contributed by atoms with Gasteiger partial charge in [0.1, 0.15) is 0 Å². The molecule has 0 bridgehead atoms. The molecule has 1 aliphatic rings. The Balaban J connectivity index is 1.64. The standard InChI is InChI=1S/C22H27N3O3/c1-14(2)12-16(13-23)24-19(26)10-5-11-25-21(27)17-8-3-6-15-7-4-9-18(20(15)17)22(25)28/h3-4,6-9,14,16H,5,10-13,23H2,1-2H3,(H,24,26). The largest absolute Gasteiger partial charge is 0.352 e. The van der Waals surface area contributed by atoms with E-state index in [0.717, 1.165) is 11.8 Å². The van der Waals surface area contributed by atoms with Crippen LogP contribution in [0.1, 0.15) is 53.8 Å². The van der Waals surface area contributed by atoms with Crippen molar-refractivity contribution in [2.75, 3.05) is 13.1 Å². The molecule has 2 aromatic carbocycles. The molecule has 28 heavy (non-hydrogen) atoms. The lowest BCUT2D eigenvalue weighted by Gasteiger charge is -2.27. The fraction of sp³-hybridized carbons (Fsp3) is 0.409. The lowest BCUT2D eigenvalue weighted by molar-refractivity contribution is -0.122. The fourth-order valence-corrected chi connectivity index (χ4v) is 3.76. The average Bonchev–Trinajstić information content (AvgIpc) is 2.67. The Labute approximate surface area is 165 Å². The number of amides is 3. The number of carbonyl (C=O) groups excluding carboxylic acids is 3. The molecule has 3 amide bonds. The Bertz CT molecular complexity index is 856. The highest BCUT2D eigenvalue weighted by atomic mass is 16.2. The van der Waals surface area contributed by atoms with Gasteiger partial charge in [-0.25, -0.2) is 0 Å². The van der Waals surface area contributed by atoms with E-state index in [4.69, 9.17) is 5.73 Å². The monoisotopic (exact) mass is 381 g/mol. The van der Waals surface area contributed by atoms with Crippen LogP contribution < -0.4 is 11.1 Å². The van der Waals surface area contributed by atoms with E-state index in [2.05, 4.69) is 19.2 Å². The molecular weight excluding hydrogens is 354 g/mol. The molecule has 1 atom stereocenters. The zero-order valence-corrected chi connectivity index (χ0v) is 16.4. The smallest absolute Gasteiger partial charge is 0.261 e. The van der Waals surface area contributed by atoms with Gasteiger partial charge in [-0.2, -0.15) is 0 Å². The highest BCUT2D eigenvalue weighted by Crippen LogP contribution is 2.30. The van der Waals surface area contributed by atoms with Crippen LogP contribution in [0.3, 0.4) is 0 Å². The van der Waals surface area contributed by atoms with Gasteiger partial charge in [-0.05, 0) is 36.3 Å². The van der Waals surface area contributed by atoms with Gasteiger partial charge >= 0.3 is 0 Å². The van der Waals surface area contributed by atoms with E-state index in [9.17, 15) is 14.4 Å². The van der Waals surface area contributed by atoms with Crippen LogP contribution in [0.15, 0.2) is 36.4 Å². The normalized spacial score (nSPS) is 14.6. The van der Waals surface area contributed by atoms with Crippen molar-refractivity contribution in [1.29, 1.82) is 0 Å². The molecule has 1 aliphatic heterocycles. The maximum Gasteiger partial charge on any atom is 0.261 e. The van der Waals surface area contributed by atoms with E-state index in [1.165, 1.54) is 4.90 Å². The van der Waals surface area contributed by atoms with Crippen LogP contribution in [0.5, 0.6) is 0 Å². The molecule has 0 aliphatic carbocycles. The molecule has 0 aromatic heterocycles. The third kappa shape index (κ3) is 4.07. The second-order valence-electron chi connectivity index (χ2n) is 7.70. The van der Waals surface area contributed by atoms with Crippen LogP contribution in [0.2, 0.25) is 0 Å². The van der Waals surface area contributed by atoms with E-state index in [1.54, 1.807) is 12.1 Å². The number of nitrogens with zero attached hydrogens (tertiary/aromatic N) is 1. The molecule has 0 spiro atoms. The molecule has 2 aromatic rings. The van der Waals surface area contributed by atoms with Crippen molar-refractivity contribution in [3.63, 3.8) is 0 Å². The molecule has 148 valence electrons. The number of hydrogen-bond donors (Lipinski definition) is 2. The quantitative estimate of drug-likeness (QED) is 0.688. The number of benzene rings is 2. The van der Waals surface area contributed by atoms with E-state index in [1.807, 2.05) is 24.3 Å².